The molecule has 0 radical (unpaired) electrons. The number of carbonyl (C=O) groups is 1. The molecule has 1 aliphatic carbocycles. The summed E-state index contributed by atoms with van der Waals surface area (Å²) in [5.74, 6) is 0.846. The largest absolute Gasteiger partial charge is 0.352 e. The third-order valence-electron chi connectivity index (χ3n) is 5.76. The van der Waals surface area contributed by atoms with Gasteiger partial charge >= 0.3 is 0 Å². The Morgan fingerprint density at radius 2 is 1.72 bits per heavy atom. The van der Waals surface area contributed by atoms with E-state index in [2.05, 4.69) is 52.4 Å². The Balaban J connectivity index is 1.42. The Hall–Kier alpha value is -1.39. The van der Waals surface area contributed by atoms with Crippen molar-refractivity contribution < 1.29 is 4.79 Å². The zero-order valence-corrected chi connectivity index (χ0v) is 15.6. The van der Waals surface area contributed by atoms with Crippen molar-refractivity contribution in [3.63, 3.8) is 0 Å². The summed E-state index contributed by atoms with van der Waals surface area (Å²) in [5.41, 5.74) is 1.37. The van der Waals surface area contributed by atoms with E-state index in [1.807, 2.05) is 0 Å². The maximum absolute atomic E-state index is 12.4. The van der Waals surface area contributed by atoms with Crippen molar-refractivity contribution in [3.05, 3.63) is 35.9 Å². The van der Waals surface area contributed by atoms with Crippen molar-refractivity contribution in [3.8, 4) is 0 Å². The molecule has 2 atom stereocenters. The summed E-state index contributed by atoms with van der Waals surface area (Å²) in [6, 6.07) is 11.1. The Bertz CT molecular complexity index is 533. The van der Waals surface area contributed by atoms with Gasteiger partial charge in [0.25, 0.3) is 0 Å². The van der Waals surface area contributed by atoms with Gasteiger partial charge in [-0.15, -0.1) is 0 Å². The van der Waals surface area contributed by atoms with Gasteiger partial charge in [-0.2, -0.15) is 0 Å². The standard InChI is InChI=1S/C21H33N3O/c1-18-8-5-6-11-20(18)22-21(25)17-24-13-7-12-23(14-15-24)16-19-9-3-2-4-10-19/h2-4,9-10,18,20H,5-8,11-17H2,1H3,(H,22,25)/t18-,20+/m1/s1. The average Bonchev–Trinajstić information content (AvgIpc) is 2.83. The first-order valence-corrected chi connectivity index (χ1v) is 9.99. The van der Waals surface area contributed by atoms with Crippen LogP contribution in [0.2, 0.25) is 0 Å². The molecular formula is C21H33N3O. The minimum atomic E-state index is 0.218. The van der Waals surface area contributed by atoms with Gasteiger partial charge in [0, 0.05) is 25.7 Å². The van der Waals surface area contributed by atoms with Gasteiger partial charge in [-0.25, -0.2) is 0 Å². The van der Waals surface area contributed by atoms with Crippen molar-refractivity contribution in [2.24, 2.45) is 5.92 Å². The lowest BCUT2D eigenvalue weighted by molar-refractivity contribution is -0.123. The normalized spacial score (nSPS) is 26.1. The van der Waals surface area contributed by atoms with Crippen molar-refractivity contribution in [2.75, 3.05) is 32.7 Å². The number of carbonyl (C=O) groups excluding carboxylic acids is 1. The molecule has 2 fully saturated rings. The summed E-state index contributed by atoms with van der Waals surface area (Å²) >= 11 is 0. The quantitative estimate of drug-likeness (QED) is 0.893. The fraction of sp³-hybridized carbons (Fsp3) is 0.667. The Morgan fingerprint density at radius 1 is 1.00 bits per heavy atom. The van der Waals surface area contributed by atoms with Crippen molar-refractivity contribution in [2.45, 2.75) is 51.6 Å². The average molecular weight is 344 g/mol. The molecule has 1 aliphatic heterocycles. The maximum atomic E-state index is 12.4. The SMILES string of the molecule is C[C@@H]1CCCC[C@@H]1NC(=O)CN1CCCN(Cc2ccccc2)CC1. The lowest BCUT2D eigenvalue weighted by atomic mass is 9.86. The van der Waals surface area contributed by atoms with Crippen LogP contribution in [0.25, 0.3) is 0 Å². The van der Waals surface area contributed by atoms with E-state index in [9.17, 15) is 4.79 Å². The summed E-state index contributed by atoms with van der Waals surface area (Å²) in [6.07, 6.45) is 6.12. The molecule has 25 heavy (non-hydrogen) atoms. The number of rotatable bonds is 5. The van der Waals surface area contributed by atoms with Crippen LogP contribution in [0.5, 0.6) is 0 Å². The third-order valence-corrected chi connectivity index (χ3v) is 5.76. The molecule has 4 heteroatoms. The molecular weight excluding hydrogens is 310 g/mol. The van der Waals surface area contributed by atoms with Crippen LogP contribution < -0.4 is 5.32 Å². The van der Waals surface area contributed by atoms with Crippen LogP contribution in [0.15, 0.2) is 30.3 Å². The van der Waals surface area contributed by atoms with E-state index < -0.39 is 0 Å². The smallest absolute Gasteiger partial charge is 0.234 e. The fourth-order valence-electron chi connectivity index (χ4n) is 4.17. The zero-order chi connectivity index (χ0) is 17.5. The minimum absolute atomic E-state index is 0.218. The van der Waals surface area contributed by atoms with Crippen LogP contribution in [-0.2, 0) is 11.3 Å². The highest BCUT2D eigenvalue weighted by Crippen LogP contribution is 2.23. The van der Waals surface area contributed by atoms with Crippen molar-refractivity contribution in [1.82, 2.24) is 15.1 Å². The van der Waals surface area contributed by atoms with E-state index >= 15 is 0 Å². The Labute approximate surface area is 152 Å². The van der Waals surface area contributed by atoms with Gasteiger partial charge in [0.05, 0.1) is 6.54 Å². The molecule has 0 bridgehead atoms. The first-order chi connectivity index (χ1) is 12.2. The van der Waals surface area contributed by atoms with Crippen LogP contribution in [0.1, 0.15) is 44.6 Å². The second-order valence-electron chi connectivity index (χ2n) is 7.83. The van der Waals surface area contributed by atoms with E-state index in [0.29, 0.717) is 18.5 Å². The van der Waals surface area contributed by atoms with E-state index in [0.717, 1.165) is 45.6 Å². The molecule has 138 valence electrons. The Kier molecular flexibility index (Phi) is 6.88. The summed E-state index contributed by atoms with van der Waals surface area (Å²) in [6.45, 7) is 8.02. The van der Waals surface area contributed by atoms with Crippen LogP contribution in [-0.4, -0.2) is 54.5 Å². The molecule has 1 saturated carbocycles. The predicted molar refractivity (Wildman–Crippen MR) is 102 cm³/mol. The highest BCUT2D eigenvalue weighted by atomic mass is 16.2. The van der Waals surface area contributed by atoms with Gasteiger partial charge < -0.3 is 5.32 Å². The second-order valence-corrected chi connectivity index (χ2v) is 7.83. The lowest BCUT2D eigenvalue weighted by Gasteiger charge is -2.30. The Morgan fingerprint density at radius 3 is 2.52 bits per heavy atom. The topological polar surface area (TPSA) is 35.6 Å². The van der Waals surface area contributed by atoms with Gasteiger partial charge in [0.15, 0.2) is 0 Å². The molecule has 1 saturated heterocycles. The highest BCUT2D eigenvalue weighted by molar-refractivity contribution is 5.78. The van der Waals surface area contributed by atoms with E-state index in [1.165, 1.54) is 24.8 Å². The van der Waals surface area contributed by atoms with Gasteiger partial charge in [-0.05, 0) is 43.8 Å². The molecule has 1 heterocycles. The molecule has 0 unspecified atom stereocenters. The number of benzene rings is 1. The van der Waals surface area contributed by atoms with Crippen LogP contribution in [0.3, 0.4) is 0 Å². The summed E-state index contributed by atoms with van der Waals surface area (Å²) in [7, 11) is 0. The van der Waals surface area contributed by atoms with Gasteiger partial charge in [0.1, 0.15) is 0 Å². The molecule has 3 rings (SSSR count). The summed E-state index contributed by atoms with van der Waals surface area (Å²) < 4.78 is 0. The number of nitrogens with one attached hydrogen (secondary N) is 1. The molecule has 0 aromatic heterocycles. The molecule has 4 nitrogen and oxygen atoms in total. The maximum Gasteiger partial charge on any atom is 0.234 e. The zero-order valence-electron chi connectivity index (χ0n) is 15.6. The molecule has 1 N–H and O–H groups in total. The fourth-order valence-corrected chi connectivity index (χ4v) is 4.17. The second kappa shape index (κ2) is 9.35. The first-order valence-electron chi connectivity index (χ1n) is 9.99. The minimum Gasteiger partial charge on any atom is -0.352 e. The van der Waals surface area contributed by atoms with Crippen molar-refractivity contribution in [1.29, 1.82) is 0 Å². The van der Waals surface area contributed by atoms with Gasteiger partial charge in [-0.1, -0.05) is 50.1 Å². The lowest BCUT2D eigenvalue weighted by Crippen LogP contribution is -2.46. The number of amides is 1. The third kappa shape index (κ3) is 5.82. The van der Waals surface area contributed by atoms with Crippen LogP contribution in [0.4, 0.5) is 0 Å². The van der Waals surface area contributed by atoms with Crippen LogP contribution in [0, 0.1) is 5.92 Å². The summed E-state index contributed by atoms with van der Waals surface area (Å²) in [5, 5.41) is 3.29. The van der Waals surface area contributed by atoms with Crippen molar-refractivity contribution >= 4 is 5.91 Å². The molecule has 1 aromatic carbocycles. The highest BCUT2D eigenvalue weighted by Gasteiger charge is 2.24. The van der Waals surface area contributed by atoms with E-state index in [1.54, 1.807) is 0 Å². The first kappa shape index (κ1) is 18.4. The number of hydrogen-bond acceptors (Lipinski definition) is 3. The van der Waals surface area contributed by atoms with Gasteiger partial charge in [0.2, 0.25) is 5.91 Å². The number of nitrogens with zero attached hydrogens (tertiary/aromatic N) is 2. The predicted octanol–water partition coefficient (Wildman–Crippen LogP) is 2.89. The van der Waals surface area contributed by atoms with E-state index in [4.69, 9.17) is 0 Å². The molecule has 1 aromatic rings. The van der Waals surface area contributed by atoms with E-state index in [-0.39, 0.29) is 5.91 Å². The van der Waals surface area contributed by atoms with Crippen LogP contribution >= 0.6 is 0 Å². The monoisotopic (exact) mass is 343 g/mol. The summed E-state index contributed by atoms with van der Waals surface area (Å²) in [4.78, 5) is 17.3. The van der Waals surface area contributed by atoms with Gasteiger partial charge in [-0.3, -0.25) is 14.6 Å². The molecule has 2 aliphatic rings. The number of hydrogen-bond donors (Lipinski definition) is 1. The molecule has 1 amide bonds. The molecule has 0 spiro atoms.